The Morgan fingerprint density at radius 3 is 2.45 bits per heavy atom. The SMILES string of the molecule is COc1cc2ncn(CC(=O)NCCC(=O)Nc3cccc(C(C)=O)c3)c(=O)c2cc1OC. The van der Waals surface area contributed by atoms with Gasteiger partial charge in [-0.05, 0) is 25.1 Å². The van der Waals surface area contributed by atoms with Crippen molar-refractivity contribution in [3.63, 3.8) is 0 Å². The third kappa shape index (κ3) is 5.73. The molecule has 0 saturated carbocycles. The highest BCUT2D eigenvalue weighted by Crippen LogP contribution is 2.29. The number of nitrogens with one attached hydrogen (secondary N) is 2. The van der Waals surface area contributed by atoms with E-state index in [0.717, 1.165) is 0 Å². The lowest BCUT2D eigenvalue weighted by atomic mass is 10.1. The largest absolute Gasteiger partial charge is 0.493 e. The zero-order valence-electron chi connectivity index (χ0n) is 18.5. The van der Waals surface area contributed by atoms with Crippen LogP contribution in [0.3, 0.4) is 0 Å². The highest BCUT2D eigenvalue weighted by atomic mass is 16.5. The van der Waals surface area contributed by atoms with Gasteiger partial charge >= 0.3 is 0 Å². The Morgan fingerprint density at radius 2 is 1.76 bits per heavy atom. The fourth-order valence-corrected chi connectivity index (χ4v) is 3.16. The average Bonchev–Trinajstić information content (AvgIpc) is 2.80. The third-order valence-electron chi connectivity index (χ3n) is 4.87. The second-order valence-electron chi connectivity index (χ2n) is 7.19. The number of fused-ring (bicyclic) bond motifs is 1. The van der Waals surface area contributed by atoms with Crippen molar-refractivity contribution in [3.05, 3.63) is 58.6 Å². The highest BCUT2D eigenvalue weighted by Gasteiger charge is 2.13. The van der Waals surface area contributed by atoms with Crippen molar-refractivity contribution >= 4 is 34.2 Å². The van der Waals surface area contributed by atoms with Crippen LogP contribution in [0.5, 0.6) is 11.5 Å². The summed E-state index contributed by atoms with van der Waals surface area (Å²) in [7, 11) is 2.95. The van der Waals surface area contributed by atoms with Gasteiger partial charge in [-0.2, -0.15) is 0 Å². The number of benzene rings is 2. The lowest BCUT2D eigenvalue weighted by Gasteiger charge is -2.11. The maximum atomic E-state index is 12.8. The Hall–Kier alpha value is -4.21. The number of carbonyl (C=O) groups excluding carboxylic acids is 3. The van der Waals surface area contributed by atoms with E-state index in [2.05, 4.69) is 15.6 Å². The topological polar surface area (TPSA) is 129 Å². The standard InChI is InChI=1S/C23H24N4O6/c1-14(28)15-5-4-6-16(9-15)26-21(29)7-8-24-22(30)12-27-13-25-18-11-20(33-3)19(32-2)10-17(18)23(27)31/h4-6,9-11,13H,7-8,12H2,1-3H3,(H,24,30)(H,26,29). The predicted molar refractivity (Wildman–Crippen MR) is 122 cm³/mol. The summed E-state index contributed by atoms with van der Waals surface area (Å²) in [6.07, 6.45) is 1.31. The Labute approximate surface area is 189 Å². The molecule has 0 fully saturated rings. The molecular formula is C23H24N4O6. The van der Waals surface area contributed by atoms with Crippen molar-refractivity contribution in [2.24, 2.45) is 0 Å². The maximum Gasteiger partial charge on any atom is 0.261 e. The van der Waals surface area contributed by atoms with E-state index in [4.69, 9.17) is 9.47 Å². The molecular weight excluding hydrogens is 428 g/mol. The summed E-state index contributed by atoms with van der Waals surface area (Å²) in [5, 5.41) is 5.57. The number of carbonyl (C=O) groups is 3. The molecule has 0 atom stereocenters. The van der Waals surface area contributed by atoms with Crippen molar-refractivity contribution in [3.8, 4) is 11.5 Å². The van der Waals surface area contributed by atoms with Gasteiger partial charge < -0.3 is 20.1 Å². The molecule has 0 bridgehead atoms. The third-order valence-corrected chi connectivity index (χ3v) is 4.87. The lowest BCUT2D eigenvalue weighted by Crippen LogP contribution is -2.34. The molecule has 1 heterocycles. The summed E-state index contributed by atoms with van der Waals surface area (Å²) in [6, 6.07) is 9.70. The van der Waals surface area contributed by atoms with E-state index in [1.807, 2.05) is 0 Å². The first kappa shape index (κ1) is 23.5. The van der Waals surface area contributed by atoms with Gasteiger partial charge in [0.15, 0.2) is 17.3 Å². The first-order chi connectivity index (χ1) is 15.8. The minimum atomic E-state index is -0.440. The summed E-state index contributed by atoms with van der Waals surface area (Å²) in [5.74, 6) is -0.0364. The number of amides is 2. The Kier molecular flexibility index (Phi) is 7.39. The number of anilines is 1. The van der Waals surface area contributed by atoms with Gasteiger partial charge in [0.2, 0.25) is 11.8 Å². The van der Waals surface area contributed by atoms with E-state index in [0.29, 0.717) is 28.3 Å². The van der Waals surface area contributed by atoms with Crippen LogP contribution in [-0.2, 0) is 16.1 Å². The maximum absolute atomic E-state index is 12.8. The highest BCUT2D eigenvalue weighted by molar-refractivity contribution is 5.97. The van der Waals surface area contributed by atoms with Crippen LogP contribution in [0.2, 0.25) is 0 Å². The van der Waals surface area contributed by atoms with E-state index in [1.165, 1.54) is 38.1 Å². The van der Waals surface area contributed by atoms with Gasteiger partial charge in [-0.1, -0.05) is 12.1 Å². The Balaban J connectivity index is 1.58. The molecule has 172 valence electrons. The fourth-order valence-electron chi connectivity index (χ4n) is 3.16. The number of ether oxygens (including phenoxy) is 2. The molecule has 0 spiro atoms. The smallest absolute Gasteiger partial charge is 0.261 e. The van der Waals surface area contributed by atoms with Gasteiger partial charge in [0.05, 0.1) is 31.4 Å². The number of rotatable bonds is 9. The normalized spacial score (nSPS) is 10.5. The molecule has 2 N–H and O–H groups in total. The molecule has 0 aliphatic carbocycles. The van der Waals surface area contributed by atoms with Crippen molar-refractivity contribution in [1.29, 1.82) is 0 Å². The van der Waals surface area contributed by atoms with Crippen LogP contribution >= 0.6 is 0 Å². The predicted octanol–water partition coefficient (Wildman–Crippen LogP) is 1.76. The number of hydrogen-bond acceptors (Lipinski definition) is 7. The molecule has 1 aromatic heterocycles. The van der Waals surface area contributed by atoms with Gasteiger partial charge in [-0.15, -0.1) is 0 Å². The first-order valence-corrected chi connectivity index (χ1v) is 10.1. The van der Waals surface area contributed by atoms with Gasteiger partial charge in [-0.25, -0.2) is 4.98 Å². The van der Waals surface area contributed by atoms with Crippen molar-refractivity contribution in [2.45, 2.75) is 19.9 Å². The number of ketones is 1. The van der Waals surface area contributed by atoms with Crippen LogP contribution in [0.25, 0.3) is 10.9 Å². The first-order valence-electron chi connectivity index (χ1n) is 10.1. The van der Waals surface area contributed by atoms with Gasteiger partial charge in [0.1, 0.15) is 6.54 Å². The quantitative estimate of drug-likeness (QED) is 0.473. The molecule has 10 nitrogen and oxygen atoms in total. The van der Waals surface area contributed by atoms with E-state index in [1.54, 1.807) is 30.3 Å². The molecule has 0 aliphatic rings. The summed E-state index contributed by atoms with van der Waals surface area (Å²) < 4.78 is 11.6. The minimum absolute atomic E-state index is 0.0257. The monoisotopic (exact) mass is 452 g/mol. The van der Waals surface area contributed by atoms with E-state index >= 15 is 0 Å². The van der Waals surface area contributed by atoms with Crippen LogP contribution in [0.4, 0.5) is 5.69 Å². The Morgan fingerprint density at radius 1 is 1.03 bits per heavy atom. The molecule has 0 unspecified atom stereocenters. The van der Waals surface area contributed by atoms with E-state index in [9.17, 15) is 19.2 Å². The second kappa shape index (κ2) is 10.4. The van der Waals surface area contributed by atoms with Crippen molar-refractivity contribution in [1.82, 2.24) is 14.9 Å². The second-order valence-corrected chi connectivity index (χ2v) is 7.19. The molecule has 3 rings (SSSR count). The zero-order chi connectivity index (χ0) is 24.0. The van der Waals surface area contributed by atoms with Crippen molar-refractivity contribution < 1.29 is 23.9 Å². The lowest BCUT2D eigenvalue weighted by molar-refractivity contribution is -0.121. The number of methoxy groups -OCH3 is 2. The van der Waals surface area contributed by atoms with Crippen LogP contribution in [0.15, 0.2) is 47.5 Å². The van der Waals surface area contributed by atoms with Crippen LogP contribution in [0.1, 0.15) is 23.7 Å². The zero-order valence-corrected chi connectivity index (χ0v) is 18.5. The van der Waals surface area contributed by atoms with Crippen LogP contribution < -0.4 is 25.7 Å². The number of aromatic nitrogens is 2. The van der Waals surface area contributed by atoms with Crippen LogP contribution in [0, 0.1) is 0 Å². The van der Waals surface area contributed by atoms with Gasteiger partial charge in [0.25, 0.3) is 5.56 Å². The summed E-state index contributed by atoms with van der Waals surface area (Å²) in [5.41, 5.74) is 1.01. The molecule has 3 aromatic rings. The van der Waals surface area contributed by atoms with E-state index < -0.39 is 11.5 Å². The molecule has 10 heteroatoms. The summed E-state index contributed by atoms with van der Waals surface area (Å²) in [6.45, 7) is 1.27. The molecule has 0 saturated heterocycles. The molecule has 2 amide bonds. The molecule has 33 heavy (non-hydrogen) atoms. The van der Waals surface area contributed by atoms with Gasteiger partial charge in [-0.3, -0.25) is 23.7 Å². The summed E-state index contributed by atoms with van der Waals surface area (Å²) >= 11 is 0. The fraction of sp³-hybridized carbons (Fsp3) is 0.261. The number of nitrogens with zero attached hydrogens (tertiary/aromatic N) is 2. The number of Topliss-reactive ketones (excluding diaryl/α,β-unsaturated/α-hetero) is 1. The molecule has 0 radical (unpaired) electrons. The molecule has 0 aliphatic heterocycles. The summed E-state index contributed by atoms with van der Waals surface area (Å²) in [4.78, 5) is 52.8. The Bertz CT molecular complexity index is 1270. The van der Waals surface area contributed by atoms with Crippen molar-refractivity contribution in [2.75, 3.05) is 26.1 Å². The minimum Gasteiger partial charge on any atom is -0.493 e. The van der Waals surface area contributed by atoms with E-state index in [-0.39, 0.29) is 36.6 Å². The van der Waals surface area contributed by atoms with Crippen LogP contribution in [-0.4, -0.2) is 47.9 Å². The molecule has 2 aromatic carbocycles. The average molecular weight is 452 g/mol. The van der Waals surface area contributed by atoms with Gasteiger partial charge in [0, 0.05) is 30.3 Å². The number of hydrogen-bond donors (Lipinski definition) is 2.